The molecular weight excluding hydrogens is 340 g/mol. The Bertz CT molecular complexity index is 651. The molecule has 142 valence electrons. The van der Waals surface area contributed by atoms with Gasteiger partial charge in [-0.15, -0.1) is 0 Å². The van der Waals surface area contributed by atoms with Crippen LogP contribution < -0.4 is 4.31 Å². The van der Waals surface area contributed by atoms with Crippen LogP contribution in [0.15, 0.2) is 24.3 Å². The van der Waals surface area contributed by atoms with Gasteiger partial charge in [-0.25, -0.2) is 4.79 Å². The molecule has 0 atom stereocenters. The van der Waals surface area contributed by atoms with E-state index >= 15 is 0 Å². The molecule has 0 unspecified atom stereocenters. The summed E-state index contributed by atoms with van der Waals surface area (Å²) in [7, 11) is -4.15. The summed E-state index contributed by atoms with van der Waals surface area (Å²) < 4.78 is 28.1. The fourth-order valence-electron chi connectivity index (χ4n) is 2.61. The third-order valence-corrected chi connectivity index (χ3v) is 5.86. The fourth-order valence-corrected chi connectivity index (χ4v) is 4.18. The number of hydrogen-bond acceptors (Lipinski definition) is 3. The molecule has 0 fully saturated rings. The van der Waals surface area contributed by atoms with Crippen LogP contribution in [-0.4, -0.2) is 37.0 Å². The number of rotatable bonds is 10. The van der Waals surface area contributed by atoms with Gasteiger partial charge in [-0.3, -0.25) is 0 Å². The van der Waals surface area contributed by atoms with Gasteiger partial charge in [-0.2, -0.15) is 17.0 Å². The maximum atomic E-state index is 13.1. The lowest BCUT2D eigenvalue weighted by Gasteiger charge is -2.30. The van der Waals surface area contributed by atoms with Crippen molar-refractivity contribution in [1.82, 2.24) is 4.31 Å². The van der Waals surface area contributed by atoms with Crippen molar-refractivity contribution in [3.63, 3.8) is 0 Å². The van der Waals surface area contributed by atoms with Crippen molar-refractivity contribution < 1.29 is 18.3 Å². The SMILES string of the molecule is CCCCN(CCCC)S(=O)(=O)N(C(=O)O)c1ccccc1C(C)C. The predicted molar refractivity (Wildman–Crippen MR) is 101 cm³/mol. The van der Waals surface area contributed by atoms with Crippen molar-refractivity contribution in [2.45, 2.75) is 59.3 Å². The van der Waals surface area contributed by atoms with E-state index in [1.165, 1.54) is 4.31 Å². The first-order valence-corrected chi connectivity index (χ1v) is 10.3. The van der Waals surface area contributed by atoms with Crippen LogP contribution >= 0.6 is 0 Å². The minimum absolute atomic E-state index is 0.00739. The molecule has 7 heteroatoms. The second-order valence-corrected chi connectivity index (χ2v) is 8.15. The first-order chi connectivity index (χ1) is 11.8. The van der Waals surface area contributed by atoms with E-state index in [0.717, 1.165) is 12.8 Å². The molecule has 0 aromatic heterocycles. The van der Waals surface area contributed by atoms with E-state index in [1.54, 1.807) is 24.3 Å². The molecule has 0 spiro atoms. The second kappa shape index (κ2) is 9.77. The van der Waals surface area contributed by atoms with Gasteiger partial charge < -0.3 is 5.11 Å². The number of carboxylic acid groups (broad SMARTS) is 1. The monoisotopic (exact) mass is 370 g/mol. The Labute approximate surface area is 151 Å². The maximum absolute atomic E-state index is 13.1. The van der Waals surface area contributed by atoms with Gasteiger partial charge in [0, 0.05) is 13.1 Å². The Balaban J connectivity index is 3.37. The smallest absolute Gasteiger partial charge is 0.426 e. The number of amides is 1. The van der Waals surface area contributed by atoms with Crippen molar-refractivity contribution in [3.05, 3.63) is 29.8 Å². The predicted octanol–water partition coefficient (Wildman–Crippen LogP) is 4.44. The number of carbonyl (C=O) groups is 1. The molecule has 0 aliphatic rings. The largest absolute Gasteiger partial charge is 0.464 e. The Morgan fingerprint density at radius 1 is 1.08 bits per heavy atom. The summed E-state index contributed by atoms with van der Waals surface area (Å²) >= 11 is 0. The van der Waals surface area contributed by atoms with Crippen LogP contribution in [0, 0.1) is 0 Å². The van der Waals surface area contributed by atoms with Crippen LogP contribution in [0.2, 0.25) is 0 Å². The number of para-hydroxylation sites is 1. The van der Waals surface area contributed by atoms with Crippen LogP contribution in [0.3, 0.4) is 0 Å². The zero-order valence-corrected chi connectivity index (χ0v) is 16.4. The lowest BCUT2D eigenvalue weighted by Crippen LogP contribution is -2.47. The highest BCUT2D eigenvalue weighted by Crippen LogP contribution is 2.30. The molecular formula is C18H30N2O4S. The zero-order valence-electron chi connectivity index (χ0n) is 15.6. The number of nitrogens with zero attached hydrogens (tertiary/aromatic N) is 2. The molecule has 0 radical (unpaired) electrons. The Hall–Kier alpha value is -1.60. The summed E-state index contributed by atoms with van der Waals surface area (Å²) in [5, 5.41) is 9.69. The lowest BCUT2D eigenvalue weighted by molar-refractivity contribution is 0.205. The third-order valence-electron chi connectivity index (χ3n) is 4.03. The van der Waals surface area contributed by atoms with Gasteiger partial charge in [0.2, 0.25) is 0 Å². The first kappa shape index (κ1) is 21.4. The molecule has 0 aliphatic heterocycles. The summed E-state index contributed by atoms with van der Waals surface area (Å²) in [4.78, 5) is 11.9. The Morgan fingerprint density at radius 3 is 2.04 bits per heavy atom. The number of benzene rings is 1. The molecule has 0 heterocycles. The van der Waals surface area contributed by atoms with E-state index < -0.39 is 16.3 Å². The highest BCUT2D eigenvalue weighted by molar-refractivity contribution is 7.91. The molecule has 0 saturated carbocycles. The van der Waals surface area contributed by atoms with E-state index in [9.17, 15) is 18.3 Å². The average molecular weight is 371 g/mol. The molecule has 0 saturated heterocycles. The van der Waals surface area contributed by atoms with Crippen molar-refractivity contribution in [2.24, 2.45) is 0 Å². The third kappa shape index (κ3) is 5.44. The van der Waals surface area contributed by atoms with E-state index in [1.807, 2.05) is 27.7 Å². The van der Waals surface area contributed by atoms with Gasteiger partial charge in [-0.1, -0.05) is 58.7 Å². The van der Waals surface area contributed by atoms with E-state index in [-0.39, 0.29) is 11.6 Å². The fraction of sp³-hybridized carbons (Fsp3) is 0.611. The summed E-state index contributed by atoms with van der Waals surface area (Å²) in [6.07, 6.45) is 1.59. The van der Waals surface area contributed by atoms with Crippen LogP contribution in [-0.2, 0) is 10.2 Å². The molecule has 1 aromatic rings. The van der Waals surface area contributed by atoms with Gasteiger partial charge in [0.15, 0.2) is 0 Å². The second-order valence-electron chi connectivity index (χ2n) is 6.37. The van der Waals surface area contributed by atoms with Crippen molar-refractivity contribution >= 4 is 22.0 Å². The van der Waals surface area contributed by atoms with E-state index in [0.29, 0.717) is 35.8 Å². The topological polar surface area (TPSA) is 77.9 Å². The molecule has 1 rings (SSSR count). The Morgan fingerprint density at radius 2 is 1.60 bits per heavy atom. The minimum Gasteiger partial charge on any atom is -0.464 e. The normalized spacial score (nSPS) is 11.9. The van der Waals surface area contributed by atoms with Crippen molar-refractivity contribution in [3.8, 4) is 0 Å². The summed E-state index contributed by atoms with van der Waals surface area (Å²) in [5.41, 5.74) is 0.905. The average Bonchev–Trinajstić information content (AvgIpc) is 2.54. The number of anilines is 1. The van der Waals surface area contributed by atoms with Crippen LogP contribution in [0.4, 0.5) is 10.5 Å². The molecule has 1 amide bonds. The zero-order chi connectivity index (χ0) is 19.0. The van der Waals surface area contributed by atoms with Crippen LogP contribution in [0.1, 0.15) is 64.9 Å². The molecule has 1 N–H and O–H groups in total. The van der Waals surface area contributed by atoms with Gasteiger partial charge in [0.05, 0.1) is 5.69 Å². The summed E-state index contributed by atoms with van der Waals surface area (Å²) in [6, 6.07) is 6.78. The highest BCUT2D eigenvalue weighted by atomic mass is 32.2. The number of hydrogen-bond donors (Lipinski definition) is 1. The minimum atomic E-state index is -4.15. The van der Waals surface area contributed by atoms with Gasteiger partial charge >= 0.3 is 16.3 Å². The molecule has 1 aromatic carbocycles. The van der Waals surface area contributed by atoms with Crippen molar-refractivity contribution in [1.29, 1.82) is 0 Å². The quantitative estimate of drug-likeness (QED) is 0.660. The lowest BCUT2D eigenvalue weighted by atomic mass is 10.0. The van der Waals surface area contributed by atoms with E-state index in [4.69, 9.17) is 0 Å². The van der Waals surface area contributed by atoms with Crippen molar-refractivity contribution in [2.75, 3.05) is 17.4 Å². The van der Waals surface area contributed by atoms with Gasteiger partial charge in [0.1, 0.15) is 0 Å². The maximum Gasteiger partial charge on any atom is 0.426 e. The van der Waals surface area contributed by atoms with Crippen LogP contribution in [0.5, 0.6) is 0 Å². The standard InChI is InChI=1S/C18H30N2O4S/c1-5-7-13-19(14-8-6-2)25(23,24)20(18(21)22)17-12-10-9-11-16(17)15(3)4/h9-12,15H,5-8,13-14H2,1-4H3,(H,21,22). The van der Waals surface area contributed by atoms with Crippen LogP contribution in [0.25, 0.3) is 0 Å². The van der Waals surface area contributed by atoms with Gasteiger partial charge in [-0.05, 0) is 30.4 Å². The molecule has 6 nitrogen and oxygen atoms in total. The highest BCUT2D eigenvalue weighted by Gasteiger charge is 2.35. The molecule has 0 aliphatic carbocycles. The molecule has 0 bridgehead atoms. The summed E-state index contributed by atoms with van der Waals surface area (Å²) in [5.74, 6) is 0.00739. The van der Waals surface area contributed by atoms with Gasteiger partial charge in [0.25, 0.3) is 0 Å². The molecule has 25 heavy (non-hydrogen) atoms. The number of unbranched alkanes of at least 4 members (excludes halogenated alkanes) is 2. The Kier molecular flexibility index (Phi) is 8.38. The summed E-state index contributed by atoms with van der Waals surface area (Å²) in [6.45, 7) is 8.44. The first-order valence-electron chi connectivity index (χ1n) is 8.89. The van der Waals surface area contributed by atoms with E-state index in [2.05, 4.69) is 0 Å².